The smallest absolute Gasteiger partial charge is 0.264 e. The first-order valence-electron chi connectivity index (χ1n) is 9.90. The molecule has 152 valence electrons. The van der Waals surface area contributed by atoms with Crippen LogP contribution in [0.25, 0.3) is 5.70 Å². The second kappa shape index (κ2) is 7.39. The van der Waals surface area contributed by atoms with E-state index in [9.17, 15) is 4.79 Å². The molecule has 4 N–H and O–H groups in total. The van der Waals surface area contributed by atoms with Gasteiger partial charge in [0.25, 0.3) is 5.56 Å². The molecule has 4 rings (SSSR count). The van der Waals surface area contributed by atoms with Crippen LogP contribution >= 0.6 is 23.2 Å². The van der Waals surface area contributed by atoms with E-state index in [-0.39, 0.29) is 23.0 Å². The molecule has 1 spiro atoms. The molecule has 6 nitrogen and oxygen atoms in total. The first kappa shape index (κ1) is 19.8. The number of alkyl halides is 2. The Hall–Kier alpha value is -1.50. The van der Waals surface area contributed by atoms with Crippen LogP contribution in [-0.2, 0) is 0 Å². The van der Waals surface area contributed by atoms with Gasteiger partial charge in [-0.15, -0.1) is 23.2 Å². The zero-order valence-electron chi connectivity index (χ0n) is 16.1. The van der Waals surface area contributed by atoms with E-state index in [0.29, 0.717) is 17.1 Å². The van der Waals surface area contributed by atoms with Crippen molar-refractivity contribution in [1.82, 2.24) is 9.55 Å². The maximum absolute atomic E-state index is 13.1. The van der Waals surface area contributed by atoms with Gasteiger partial charge in [0.15, 0.2) is 0 Å². The lowest BCUT2D eigenvalue weighted by molar-refractivity contribution is 0.197. The summed E-state index contributed by atoms with van der Waals surface area (Å²) >= 11 is 12.6. The quantitative estimate of drug-likeness (QED) is 0.713. The highest BCUT2D eigenvalue weighted by atomic mass is 35.5. The van der Waals surface area contributed by atoms with Gasteiger partial charge in [0.05, 0.1) is 16.3 Å². The van der Waals surface area contributed by atoms with Crippen molar-refractivity contribution in [2.75, 3.05) is 23.7 Å². The lowest BCUT2D eigenvalue weighted by Crippen LogP contribution is -2.47. The number of halogens is 2. The predicted octanol–water partition coefficient (Wildman–Crippen LogP) is 2.86. The number of piperidine rings is 1. The van der Waals surface area contributed by atoms with Gasteiger partial charge in [-0.05, 0) is 44.1 Å². The lowest BCUT2D eigenvalue weighted by Gasteiger charge is -2.42. The zero-order chi connectivity index (χ0) is 20.1. The number of rotatable bonds is 2. The molecule has 1 aromatic rings. The van der Waals surface area contributed by atoms with Crippen LogP contribution in [0.4, 0.5) is 11.8 Å². The molecule has 2 fully saturated rings. The summed E-state index contributed by atoms with van der Waals surface area (Å²) in [5, 5.41) is -0.945. The van der Waals surface area contributed by atoms with Crippen molar-refractivity contribution in [3.05, 3.63) is 34.1 Å². The fourth-order valence-electron chi connectivity index (χ4n) is 4.93. The van der Waals surface area contributed by atoms with E-state index in [1.807, 2.05) is 0 Å². The predicted molar refractivity (Wildman–Crippen MR) is 116 cm³/mol. The minimum Gasteiger partial charge on any atom is -0.369 e. The number of aromatic nitrogens is 2. The number of nitrogens with two attached hydrogens (primary N) is 2. The normalized spacial score (nSPS) is 29.4. The minimum absolute atomic E-state index is 0.138. The molecule has 1 aromatic heterocycles. The Balaban J connectivity index is 1.63. The van der Waals surface area contributed by atoms with Gasteiger partial charge < -0.3 is 16.4 Å². The van der Waals surface area contributed by atoms with Crippen LogP contribution in [0.5, 0.6) is 0 Å². The van der Waals surface area contributed by atoms with Crippen LogP contribution in [0.1, 0.15) is 37.7 Å². The summed E-state index contributed by atoms with van der Waals surface area (Å²) in [6.07, 6.45) is 10.9. The maximum Gasteiger partial charge on any atom is 0.264 e. The number of hydrogen-bond acceptors (Lipinski definition) is 5. The van der Waals surface area contributed by atoms with Crippen LogP contribution in [0.2, 0.25) is 0 Å². The van der Waals surface area contributed by atoms with Gasteiger partial charge in [-0.25, -0.2) is 4.57 Å². The Kier molecular flexibility index (Phi) is 5.23. The average Bonchev–Trinajstić information content (AvgIpc) is 3.02. The summed E-state index contributed by atoms with van der Waals surface area (Å²) in [4.78, 5) is 19.9. The van der Waals surface area contributed by atoms with E-state index in [1.165, 1.54) is 17.4 Å². The number of nitrogens with zero attached hydrogens (tertiary/aromatic N) is 3. The molecule has 28 heavy (non-hydrogen) atoms. The Labute approximate surface area is 175 Å². The summed E-state index contributed by atoms with van der Waals surface area (Å²) in [6.45, 7) is 3.49. The van der Waals surface area contributed by atoms with Crippen LogP contribution in [0, 0.1) is 12.3 Å². The third kappa shape index (κ3) is 3.15. The largest absolute Gasteiger partial charge is 0.369 e. The number of hydrogen-bond donors (Lipinski definition) is 2. The van der Waals surface area contributed by atoms with E-state index in [1.54, 1.807) is 25.2 Å². The van der Waals surface area contributed by atoms with Gasteiger partial charge in [0.1, 0.15) is 5.82 Å². The fourth-order valence-corrected chi connectivity index (χ4v) is 5.40. The highest BCUT2D eigenvalue weighted by Gasteiger charge is 2.43. The first-order chi connectivity index (χ1) is 13.3. The number of anilines is 2. The summed E-state index contributed by atoms with van der Waals surface area (Å²) in [5.41, 5.74) is 13.8. The molecule has 1 unspecified atom stereocenters. The molecule has 3 aliphatic rings. The number of allylic oxidation sites excluding steroid dienone is 4. The number of nitrogen functional groups attached to an aromatic ring is 1. The van der Waals surface area contributed by atoms with E-state index < -0.39 is 10.8 Å². The van der Waals surface area contributed by atoms with Gasteiger partial charge in [0, 0.05) is 24.8 Å². The Morgan fingerprint density at radius 1 is 1.25 bits per heavy atom. The van der Waals surface area contributed by atoms with E-state index >= 15 is 0 Å². The summed E-state index contributed by atoms with van der Waals surface area (Å²) in [5.74, 6) is 0.806. The van der Waals surface area contributed by atoms with Crippen LogP contribution in [0.15, 0.2) is 23.0 Å². The van der Waals surface area contributed by atoms with Crippen LogP contribution in [-0.4, -0.2) is 39.4 Å². The van der Waals surface area contributed by atoms with Crippen LogP contribution < -0.4 is 21.9 Å². The molecule has 2 aliphatic carbocycles. The van der Waals surface area contributed by atoms with E-state index in [4.69, 9.17) is 34.7 Å². The molecule has 0 radical (unpaired) electrons. The molecule has 0 bridgehead atoms. The minimum atomic E-state index is -0.544. The molecule has 0 amide bonds. The SMILES string of the molecule is Cc1c(N2CCC3(CCC[C@@H]3N)CC2)nc(N)n(C2=CC=CC(Cl)[C@@H]2Cl)c1=O. The molecular weight excluding hydrogens is 397 g/mol. The van der Waals surface area contributed by atoms with Gasteiger partial charge in [-0.3, -0.25) is 4.79 Å². The van der Waals surface area contributed by atoms with E-state index in [0.717, 1.165) is 32.4 Å². The first-order valence-corrected chi connectivity index (χ1v) is 10.8. The van der Waals surface area contributed by atoms with Crippen molar-refractivity contribution in [2.45, 2.75) is 55.8 Å². The second-order valence-electron chi connectivity index (χ2n) is 8.23. The van der Waals surface area contributed by atoms with Crippen molar-refractivity contribution in [3.8, 4) is 0 Å². The van der Waals surface area contributed by atoms with Crippen molar-refractivity contribution in [2.24, 2.45) is 11.1 Å². The van der Waals surface area contributed by atoms with Gasteiger partial charge in [-0.1, -0.05) is 18.6 Å². The molecule has 1 saturated heterocycles. The van der Waals surface area contributed by atoms with Crippen molar-refractivity contribution in [3.63, 3.8) is 0 Å². The summed E-state index contributed by atoms with van der Waals surface area (Å²) in [7, 11) is 0. The standard InChI is InChI=1S/C20H27Cl2N5O/c1-12-17(26-10-8-20(9-11-26)7-3-6-15(20)23)25-19(24)27(18(12)28)14-5-2-4-13(21)16(14)22/h2,4-5,13,15-16H,3,6-11,23H2,1H3,(H2,24,25)/t13?,15-,16-/m0/s1. The van der Waals surface area contributed by atoms with Gasteiger partial charge in [0.2, 0.25) is 5.95 Å². The molecule has 0 aromatic carbocycles. The summed E-state index contributed by atoms with van der Waals surface area (Å²) in [6, 6.07) is 0.289. The third-order valence-electron chi connectivity index (χ3n) is 6.73. The lowest BCUT2D eigenvalue weighted by atomic mass is 9.74. The molecule has 3 atom stereocenters. The molecular formula is C20H27Cl2N5O. The fraction of sp³-hybridized carbons (Fsp3) is 0.600. The molecule has 2 heterocycles. The Bertz CT molecular complexity index is 885. The van der Waals surface area contributed by atoms with Gasteiger partial charge >= 0.3 is 0 Å². The van der Waals surface area contributed by atoms with E-state index in [2.05, 4.69) is 9.88 Å². The van der Waals surface area contributed by atoms with Gasteiger partial charge in [-0.2, -0.15) is 4.98 Å². The zero-order valence-corrected chi connectivity index (χ0v) is 17.6. The topological polar surface area (TPSA) is 90.2 Å². The summed E-state index contributed by atoms with van der Waals surface area (Å²) < 4.78 is 1.38. The Morgan fingerprint density at radius 3 is 2.61 bits per heavy atom. The highest BCUT2D eigenvalue weighted by molar-refractivity contribution is 6.34. The average molecular weight is 424 g/mol. The third-order valence-corrected chi connectivity index (χ3v) is 7.75. The van der Waals surface area contributed by atoms with Crippen LogP contribution in [0.3, 0.4) is 0 Å². The molecule has 1 aliphatic heterocycles. The van der Waals surface area contributed by atoms with Crippen molar-refractivity contribution >= 4 is 40.7 Å². The second-order valence-corrected chi connectivity index (χ2v) is 9.20. The van der Waals surface area contributed by atoms with Crippen molar-refractivity contribution < 1.29 is 0 Å². The monoisotopic (exact) mass is 423 g/mol. The van der Waals surface area contributed by atoms with Crippen molar-refractivity contribution in [1.29, 1.82) is 0 Å². The highest BCUT2D eigenvalue weighted by Crippen LogP contribution is 2.46. The Morgan fingerprint density at radius 2 is 1.96 bits per heavy atom. The molecule has 1 saturated carbocycles. The maximum atomic E-state index is 13.1. The molecule has 8 heteroatoms.